The van der Waals surface area contributed by atoms with Crippen LogP contribution in [0.3, 0.4) is 0 Å². The second-order valence-corrected chi connectivity index (χ2v) is 5.98. The molecule has 0 saturated carbocycles. The van der Waals surface area contributed by atoms with Gasteiger partial charge in [0.15, 0.2) is 0 Å². The highest BCUT2D eigenvalue weighted by Gasteiger charge is 2.39. The molecule has 0 spiro atoms. The summed E-state index contributed by atoms with van der Waals surface area (Å²) in [5.74, 6) is 0.250. The lowest BCUT2D eigenvalue weighted by molar-refractivity contribution is -0.121. The second-order valence-electron chi connectivity index (χ2n) is 5.98. The van der Waals surface area contributed by atoms with Gasteiger partial charge < -0.3 is 10.1 Å². The number of methoxy groups -OCH3 is 1. The second kappa shape index (κ2) is 6.35. The maximum atomic E-state index is 12.7. The Kier molecular flexibility index (Phi) is 4.25. The molecule has 1 fully saturated rings. The number of nitrogens with one attached hydrogen (secondary N) is 1. The Morgan fingerprint density at radius 1 is 1.08 bits per heavy atom. The van der Waals surface area contributed by atoms with E-state index in [4.69, 9.17) is 4.74 Å². The van der Waals surface area contributed by atoms with Crippen molar-refractivity contribution in [3.63, 3.8) is 0 Å². The number of rotatable bonds is 4. The van der Waals surface area contributed by atoms with Gasteiger partial charge in [0.2, 0.25) is 5.91 Å². The molecule has 124 valence electrons. The Bertz CT molecular complexity index is 784. The zero-order chi connectivity index (χ0) is 17.3. The van der Waals surface area contributed by atoms with E-state index >= 15 is 0 Å². The first-order valence-corrected chi connectivity index (χ1v) is 7.84. The summed E-state index contributed by atoms with van der Waals surface area (Å²) in [5, 5.41) is 3.20. The fourth-order valence-corrected chi connectivity index (χ4v) is 2.91. The monoisotopic (exact) mass is 324 g/mol. The van der Waals surface area contributed by atoms with Gasteiger partial charge in [0.05, 0.1) is 19.2 Å². The molecule has 1 N–H and O–H groups in total. The van der Waals surface area contributed by atoms with Crippen molar-refractivity contribution >= 4 is 23.2 Å². The summed E-state index contributed by atoms with van der Waals surface area (Å²) in [5.41, 5.74) is 3.66. The first kappa shape index (κ1) is 16.1. The van der Waals surface area contributed by atoms with Crippen LogP contribution in [-0.4, -0.2) is 25.0 Å². The van der Waals surface area contributed by atoms with Crippen LogP contribution in [0.15, 0.2) is 42.5 Å². The van der Waals surface area contributed by atoms with Crippen molar-refractivity contribution in [2.24, 2.45) is 0 Å². The average molecular weight is 324 g/mol. The molecule has 2 amide bonds. The summed E-state index contributed by atoms with van der Waals surface area (Å²) >= 11 is 0. The molecule has 1 atom stereocenters. The predicted octanol–water partition coefficient (Wildman–Crippen LogP) is 3.06. The molecule has 1 aliphatic heterocycles. The van der Waals surface area contributed by atoms with Crippen molar-refractivity contribution in [3.05, 3.63) is 53.6 Å². The van der Waals surface area contributed by atoms with Gasteiger partial charge in [-0.3, -0.25) is 9.59 Å². The molecule has 1 heterocycles. The standard InChI is InChI=1S/C19H20N2O3/c1-12-4-9-16(13(2)10-12)20-17-11-18(22)21(19(17)23)14-5-7-15(24-3)8-6-14/h4-10,17,20H,11H2,1-3H3/t17-/m0/s1. The van der Waals surface area contributed by atoms with E-state index in [-0.39, 0.29) is 18.2 Å². The molecule has 5 nitrogen and oxygen atoms in total. The van der Waals surface area contributed by atoms with E-state index < -0.39 is 6.04 Å². The molecular weight excluding hydrogens is 304 g/mol. The van der Waals surface area contributed by atoms with Crippen molar-refractivity contribution in [2.45, 2.75) is 26.3 Å². The van der Waals surface area contributed by atoms with E-state index in [0.29, 0.717) is 11.4 Å². The molecule has 0 bridgehead atoms. The van der Waals surface area contributed by atoms with Gasteiger partial charge in [0.1, 0.15) is 11.8 Å². The van der Waals surface area contributed by atoms with Crippen LogP contribution in [0.4, 0.5) is 11.4 Å². The Morgan fingerprint density at radius 2 is 1.79 bits per heavy atom. The lowest BCUT2D eigenvalue weighted by Crippen LogP contribution is -2.34. The highest BCUT2D eigenvalue weighted by molar-refractivity contribution is 6.23. The summed E-state index contributed by atoms with van der Waals surface area (Å²) in [7, 11) is 1.57. The van der Waals surface area contributed by atoms with Crippen molar-refractivity contribution < 1.29 is 14.3 Å². The normalized spacial score (nSPS) is 17.3. The maximum absolute atomic E-state index is 12.7. The Morgan fingerprint density at radius 3 is 2.42 bits per heavy atom. The van der Waals surface area contributed by atoms with Crippen LogP contribution >= 0.6 is 0 Å². The summed E-state index contributed by atoms with van der Waals surface area (Å²) in [4.78, 5) is 26.2. The molecule has 0 aromatic heterocycles. The van der Waals surface area contributed by atoms with Gasteiger partial charge in [0.25, 0.3) is 5.91 Å². The van der Waals surface area contributed by atoms with Crippen molar-refractivity contribution in [2.75, 3.05) is 17.3 Å². The van der Waals surface area contributed by atoms with Crippen LogP contribution in [0.1, 0.15) is 17.5 Å². The minimum Gasteiger partial charge on any atom is -0.497 e. The Labute approximate surface area is 141 Å². The molecule has 0 aliphatic carbocycles. The first-order chi connectivity index (χ1) is 11.5. The maximum Gasteiger partial charge on any atom is 0.256 e. The molecule has 1 saturated heterocycles. The van der Waals surface area contributed by atoms with Gasteiger partial charge in [0, 0.05) is 5.69 Å². The highest BCUT2D eigenvalue weighted by Crippen LogP contribution is 2.27. The third-order valence-corrected chi connectivity index (χ3v) is 4.19. The number of amides is 2. The van der Waals surface area contributed by atoms with E-state index in [1.807, 2.05) is 32.0 Å². The zero-order valence-corrected chi connectivity index (χ0v) is 14.0. The summed E-state index contributed by atoms with van der Waals surface area (Å²) < 4.78 is 5.11. The van der Waals surface area contributed by atoms with E-state index in [9.17, 15) is 9.59 Å². The molecule has 3 rings (SSSR count). The molecule has 0 unspecified atom stereocenters. The number of nitrogens with zero attached hydrogens (tertiary/aromatic N) is 1. The van der Waals surface area contributed by atoms with Crippen molar-refractivity contribution in [1.82, 2.24) is 0 Å². The van der Waals surface area contributed by atoms with Crippen LogP contribution in [0.2, 0.25) is 0 Å². The quantitative estimate of drug-likeness (QED) is 0.878. The fraction of sp³-hybridized carbons (Fsp3) is 0.263. The van der Waals surface area contributed by atoms with Gasteiger partial charge >= 0.3 is 0 Å². The zero-order valence-electron chi connectivity index (χ0n) is 14.0. The van der Waals surface area contributed by atoms with Crippen LogP contribution in [-0.2, 0) is 9.59 Å². The molecular formula is C19H20N2O3. The number of carbonyl (C=O) groups excluding carboxylic acids is 2. The summed E-state index contributed by atoms with van der Waals surface area (Å²) in [6.07, 6.45) is 0.151. The van der Waals surface area contributed by atoms with E-state index in [1.54, 1.807) is 31.4 Å². The average Bonchev–Trinajstić information content (AvgIpc) is 2.84. The molecule has 1 aliphatic rings. The molecule has 24 heavy (non-hydrogen) atoms. The molecule has 2 aromatic rings. The Balaban J connectivity index is 1.80. The lowest BCUT2D eigenvalue weighted by Gasteiger charge is -2.17. The lowest BCUT2D eigenvalue weighted by atomic mass is 10.1. The third-order valence-electron chi connectivity index (χ3n) is 4.19. The van der Waals surface area contributed by atoms with Gasteiger partial charge in [-0.05, 0) is 49.7 Å². The van der Waals surface area contributed by atoms with Gasteiger partial charge in [-0.25, -0.2) is 4.90 Å². The first-order valence-electron chi connectivity index (χ1n) is 7.84. The van der Waals surface area contributed by atoms with Crippen LogP contribution in [0, 0.1) is 13.8 Å². The van der Waals surface area contributed by atoms with Crippen LogP contribution < -0.4 is 15.0 Å². The molecule has 2 aromatic carbocycles. The van der Waals surface area contributed by atoms with E-state index in [2.05, 4.69) is 5.32 Å². The number of hydrogen-bond acceptors (Lipinski definition) is 4. The molecule has 0 radical (unpaired) electrons. The Hall–Kier alpha value is -2.82. The van der Waals surface area contributed by atoms with Gasteiger partial charge in [-0.1, -0.05) is 17.7 Å². The number of hydrogen-bond donors (Lipinski definition) is 1. The number of aryl methyl sites for hydroxylation is 2. The van der Waals surface area contributed by atoms with Gasteiger partial charge in [-0.2, -0.15) is 0 Å². The van der Waals surface area contributed by atoms with Crippen molar-refractivity contribution in [3.8, 4) is 5.75 Å². The highest BCUT2D eigenvalue weighted by atomic mass is 16.5. The van der Waals surface area contributed by atoms with Crippen molar-refractivity contribution in [1.29, 1.82) is 0 Å². The fourth-order valence-electron chi connectivity index (χ4n) is 2.91. The van der Waals surface area contributed by atoms with Crippen LogP contribution in [0.5, 0.6) is 5.75 Å². The molecule has 5 heteroatoms. The smallest absolute Gasteiger partial charge is 0.256 e. The number of carbonyl (C=O) groups is 2. The summed E-state index contributed by atoms with van der Waals surface area (Å²) in [6, 6.07) is 12.3. The third kappa shape index (κ3) is 2.97. The topological polar surface area (TPSA) is 58.6 Å². The number of anilines is 2. The largest absolute Gasteiger partial charge is 0.497 e. The summed E-state index contributed by atoms with van der Waals surface area (Å²) in [6.45, 7) is 4.00. The number of ether oxygens (including phenoxy) is 1. The minimum absolute atomic E-state index is 0.151. The SMILES string of the molecule is COc1ccc(N2C(=O)C[C@H](Nc3ccc(C)cc3C)C2=O)cc1. The predicted molar refractivity (Wildman–Crippen MR) is 93.4 cm³/mol. The van der Waals surface area contributed by atoms with Gasteiger partial charge in [-0.15, -0.1) is 0 Å². The number of benzene rings is 2. The van der Waals surface area contributed by atoms with E-state index in [1.165, 1.54) is 4.90 Å². The number of imide groups is 1. The van der Waals surface area contributed by atoms with Crippen LogP contribution in [0.25, 0.3) is 0 Å². The van der Waals surface area contributed by atoms with E-state index in [0.717, 1.165) is 16.8 Å². The minimum atomic E-state index is -0.541.